The molecule has 20 heavy (non-hydrogen) atoms. The van der Waals surface area contributed by atoms with Gasteiger partial charge < -0.3 is 9.84 Å². The fourth-order valence-electron chi connectivity index (χ4n) is 1.85. The molecule has 0 aliphatic rings. The first-order valence-electron chi connectivity index (χ1n) is 6.08. The number of rotatable bonds is 4. The van der Waals surface area contributed by atoms with Crippen LogP contribution >= 0.6 is 0 Å². The number of nitro groups is 1. The van der Waals surface area contributed by atoms with E-state index in [0.717, 1.165) is 0 Å². The van der Waals surface area contributed by atoms with Crippen LogP contribution in [0.25, 0.3) is 0 Å². The Morgan fingerprint density at radius 1 is 1.45 bits per heavy atom. The Morgan fingerprint density at radius 2 is 2.15 bits per heavy atom. The Hall–Kier alpha value is -2.57. The normalized spacial score (nSPS) is 10.8. The van der Waals surface area contributed by atoms with Crippen LogP contribution in [0.15, 0.2) is 24.3 Å². The number of phenols is 1. The molecule has 7 heteroatoms. The molecule has 1 N–H and O–H groups in total. The minimum absolute atomic E-state index is 0.0244. The molecule has 0 atom stereocenters. The topological polar surface area (TPSA) is 90.4 Å². The maximum atomic E-state index is 11.2. The second kappa shape index (κ2) is 5.20. The summed E-state index contributed by atoms with van der Waals surface area (Å²) in [5, 5.41) is 24.8. The predicted molar refractivity (Wildman–Crippen MR) is 72.1 cm³/mol. The number of aromatic nitrogens is 2. The second-order valence-corrected chi connectivity index (χ2v) is 4.67. The van der Waals surface area contributed by atoms with Gasteiger partial charge in [0.2, 0.25) is 0 Å². The SMILES string of the molecule is CC(C)c1nn(C)c(Oc2cccc(O)c2)c1[N+](=O)[O-]. The molecule has 1 heterocycles. The minimum atomic E-state index is -0.500. The first kappa shape index (κ1) is 13.9. The maximum absolute atomic E-state index is 11.2. The maximum Gasteiger partial charge on any atom is 0.354 e. The largest absolute Gasteiger partial charge is 0.508 e. The van der Waals surface area contributed by atoms with Crippen molar-refractivity contribution in [2.24, 2.45) is 7.05 Å². The zero-order chi connectivity index (χ0) is 14.9. The molecule has 1 aromatic carbocycles. The number of aryl methyl sites for hydroxylation is 1. The molecule has 0 saturated carbocycles. The highest BCUT2D eigenvalue weighted by Gasteiger charge is 2.30. The van der Waals surface area contributed by atoms with Crippen molar-refractivity contribution in [2.75, 3.05) is 0 Å². The van der Waals surface area contributed by atoms with Crippen LogP contribution in [-0.2, 0) is 7.05 Å². The van der Waals surface area contributed by atoms with Gasteiger partial charge in [-0.2, -0.15) is 5.10 Å². The number of hydrogen-bond donors (Lipinski definition) is 1. The van der Waals surface area contributed by atoms with E-state index in [2.05, 4.69) is 5.10 Å². The van der Waals surface area contributed by atoms with Crippen LogP contribution in [0.2, 0.25) is 0 Å². The van der Waals surface area contributed by atoms with Gasteiger partial charge in [0.25, 0.3) is 5.88 Å². The van der Waals surface area contributed by atoms with Crippen LogP contribution in [0, 0.1) is 10.1 Å². The van der Waals surface area contributed by atoms with E-state index in [0.29, 0.717) is 11.4 Å². The highest BCUT2D eigenvalue weighted by atomic mass is 16.6. The van der Waals surface area contributed by atoms with Crippen LogP contribution in [-0.4, -0.2) is 19.8 Å². The van der Waals surface area contributed by atoms with Gasteiger partial charge in [0.15, 0.2) is 0 Å². The minimum Gasteiger partial charge on any atom is -0.508 e. The van der Waals surface area contributed by atoms with Crippen molar-refractivity contribution in [3.8, 4) is 17.4 Å². The summed E-state index contributed by atoms with van der Waals surface area (Å²) in [5.74, 6) is 0.287. The molecule has 0 amide bonds. The van der Waals surface area contributed by atoms with E-state index >= 15 is 0 Å². The molecule has 2 rings (SSSR count). The van der Waals surface area contributed by atoms with Crippen molar-refractivity contribution in [3.63, 3.8) is 0 Å². The van der Waals surface area contributed by atoms with E-state index in [9.17, 15) is 15.2 Å². The first-order chi connectivity index (χ1) is 9.40. The molecule has 0 aliphatic heterocycles. The lowest BCUT2D eigenvalue weighted by molar-refractivity contribution is -0.386. The van der Waals surface area contributed by atoms with Gasteiger partial charge in [-0.3, -0.25) is 10.1 Å². The summed E-state index contributed by atoms with van der Waals surface area (Å²) in [4.78, 5) is 10.7. The Labute approximate surface area is 115 Å². The summed E-state index contributed by atoms with van der Waals surface area (Å²) in [6.45, 7) is 3.65. The van der Waals surface area contributed by atoms with Gasteiger partial charge in [-0.25, -0.2) is 4.68 Å². The van der Waals surface area contributed by atoms with Crippen molar-refractivity contribution < 1.29 is 14.8 Å². The number of ether oxygens (including phenoxy) is 1. The summed E-state index contributed by atoms with van der Waals surface area (Å²) < 4.78 is 6.84. The highest BCUT2D eigenvalue weighted by Crippen LogP contribution is 2.37. The van der Waals surface area contributed by atoms with E-state index in [1.807, 2.05) is 13.8 Å². The molecule has 0 fully saturated rings. The van der Waals surface area contributed by atoms with Crippen LogP contribution < -0.4 is 4.74 Å². The van der Waals surface area contributed by atoms with Crippen molar-refractivity contribution in [1.82, 2.24) is 9.78 Å². The summed E-state index contributed by atoms with van der Waals surface area (Å²) in [6.07, 6.45) is 0. The van der Waals surface area contributed by atoms with E-state index in [-0.39, 0.29) is 23.2 Å². The average molecular weight is 277 g/mol. The Bertz CT molecular complexity index is 649. The highest BCUT2D eigenvalue weighted by molar-refractivity contribution is 5.50. The van der Waals surface area contributed by atoms with Gasteiger partial charge in [-0.05, 0) is 12.1 Å². The predicted octanol–water partition coefficient (Wildman–Crippen LogP) is 2.95. The number of aromatic hydroxyl groups is 1. The van der Waals surface area contributed by atoms with Crippen molar-refractivity contribution in [2.45, 2.75) is 19.8 Å². The summed E-state index contributed by atoms with van der Waals surface area (Å²) in [6, 6.07) is 6.07. The number of nitrogens with zero attached hydrogens (tertiary/aromatic N) is 3. The van der Waals surface area contributed by atoms with E-state index in [1.54, 1.807) is 19.2 Å². The number of hydrogen-bond acceptors (Lipinski definition) is 5. The first-order valence-corrected chi connectivity index (χ1v) is 6.08. The van der Waals surface area contributed by atoms with Crippen LogP contribution in [0.4, 0.5) is 5.69 Å². The molecule has 7 nitrogen and oxygen atoms in total. The number of phenolic OH excluding ortho intramolecular Hbond substituents is 1. The standard InChI is InChI=1S/C13H15N3O4/c1-8(2)11-12(16(18)19)13(15(3)14-11)20-10-6-4-5-9(17)7-10/h4-8,17H,1-3H3. The molecule has 0 saturated heterocycles. The molecule has 0 aliphatic carbocycles. The van der Waals surface area contributed by atoms with E-state index in [4.69, 9.17) is 4.74 Å². The quantitative estimate of drug-likeness (QED) is 0.685. The zero-order valence-electron chi connectivity index (χ0n) is 11.4. The summed E-state index contributed by atoms with van der Waals surface area (Å²) in [7, 11) is 1.58. The monoisotopic (exact) mass is 277 g/mol. The third-order valence-corrected chi connectivity index (χ3v) is 2.76. The molecule has 2 aromatic rings. The van der Waals surface area contributed by atoms with E-state index in [1.165, 1.54) is 16.8 Å². The van der Waals surface area contributed by atoms with Crippen molar-refractivity contribution in [1.29, 1.82) is 0 Å². The molecular formula is C13H15N3O4. The average Bonchev–Trinajstić information content (AvgIpc) is 2.67. The molecule has 106 valence electrons. The van der Waals surface area contributed by atoms with Gasteiger partial charge in [-0.1, -0.05) is 19.9 Å². The Kier molecular flexibility index (Phi) is 3.60. The lowest BCUT2D eigenvalue weighted by Gasteiger charge is -2.05. The van der Waals surface area contributed by atoms with Gasteiger partial charge in [0, 0.05) is 19.0 Å². The van der Waals surface area contributed by atoms with Crippen LogP contribution in [0.5, 0.6) is 17.4 Å². The zero-order valence-corrected chi connectivity index (χ0v) is 11.4. The number of benzene rings is 1. The molecule has 0 radical (unpaired) electrons. The van der Waals surface area contributed by atoms with Crippen LogP contribution in [0.1, 0.15) is 25.5 Å². The third-order valence-electron chi connectivity index (χ3n) is 2.76. The van der Waals surface area contributed by atoms with Crippen molar-refractivity contribution in [3.05, 3.63) is 40.1 Å². The third kappa shape index (κ3) is 2.56. The van der Waals surface area contributed by atoms with Gasteiger partial charge in [-0.15, -0.1) is 0 Å². The van der Waals surface area contributed by atoms with Crippen molar-refractivity contribution >= 4 is 5.69 Å². The molecule has 0 unspecified atom stereocenters. The molecule has 0 spiro atoms. The Balaban J connectivity index is 2.48. The lowest BCUT2D eigenvalue weighted by Crippen LogP contribution is -1.97. The van der Waals surface area contributed by atoms with Gasteiger partial charge >= 0.3 is 5.69 Å². The second-order valence-electron chi connectivity index (χ2n) is 4.67. The smallest absolute Gasteiger partial charge is 0.354 e. The fraction of sp³-hybridized carbons (Fsp3) is 0.308. The van der Waals surface area contributed by atoms with Gasteiger partial charge in [0.1, 0.15) is 17.2 Å². The molecule has 1 aromatic heterocycles. The molecular weight excluding hydrogens is 262 g/mol. The Morgan fingerprint density at radius 3 is 2.70 bits per heavy atom. The van der Waals surface area contributed by atoms with Gasteiger partial charge in [0.05, 0.1) is 4.92 Å². The fourth-order valence-corrected chi connectivity index (χ4v) is 1.85. The summed E-state index contributed by atoms with van der Waals surface area (Å²) >= 11 is 0. The van der Waals surface area contributed by atoms with E-state index < -0.39 is 4.92 Å². The molecule has 0 bridgehead atoms. The summed E-state index contributed by atoms with van der Waals surface area (Å²) in [5.41, 5.74) is 0.221. The lowest BCUT2D eigenvalue weighted by atomic mass is 10.1. The van der Waals surface area contributed by atoms with Crippen LogP contribution in [0.3, 0.4) is 0 Å².